The quantitative estimate of drug-likeness (QED) is 0.772. The average Bonchev–Trinajstić information content (AvgIpc) is 2.88. The molecule has 0 saturated carbocycles. The van der Waals surface area contributed by atoms with Crippen molar-refractivity contribution in [1.29, 1.82) is 0 Å². The van der Waals surface area contributed by atoms with Crippen molar-refractivity contribution < 1.29 is 9.53 Å². The fraction of sp³-hybridized carbons (Fsp3) is 0.692. The Balaban J connectivity index is 2.09. The van der Waals surface area contributed by atoms with Crippen LogP contribution in [0.25, 0.3) is 0 Å². The number of nitrogens with zero attached hydrogens (tertiary/aromatic N) is 4. The smallest absolute Gasteiger partial charge is 0.249 e. The monoisotopic (exact) mass is 266 g/mol. The Bertz CT molecular complexity index is 467. The summed E-state index contributed by atoms with van der Waals surface area (Å²) in [5, 5.41) is 4.53. The lowest BCUT2D eigenvalue weighted by molar-refractivity contribution is -0.136. The van der Waals surface area contributed by atoms with E-state index in [0.29, 0.717) is 19.7 Å². The molecule has 0 radical (unpaired) electrons. The van der Waals surface area contributed by atoms with E-state index in [1.807, 2.05) is 37.6 Å². The van der Waals surface area contributed by atoms with Crippen molar-refractivity contribution in [3.63, 3.8) is 0 Å². The lowest BCUT2D eigenvalue weighted by Gasteiger charge is -2.16. The molecule has 1 aromatic rings. The number of carbonyl (C=O) groups excluding carboxylic acids is 1. The zero-order valence-electron chi connectivity index (χ0n) is 12.1. The maximum absolute atomic E-state index is 12.0. The standard InChI is InChI=1S/C13H22N4O2/c1-5-19-9-13(18)17-6-10-11(7-15(2)3)14-16(4)12(10)8-17/h5-9H2,1-4H3. The fourth-order valence-electron chi connectivity index (χ4n) is 2.36. The molecule has 2 rings (SSSR count). The first kappa shape index (κ1) is 14.0. The van der Waals surface area contributed by atoms with Gasteiger partial charge in [-0.25, -0.2) is 0 Å². The van der Waals surface area contributed by atoms with Crippen molar-refractivity contribution in [3.05, 3.63) is 17.0 Å². The maximum Gasteiger partial charge on any atom is 0.249 e. The van der Waals surface area contributed by atoms with Gasteiger partial charge in [-0.05, 0) is 21.0 Å². The molecule has 0 atom stereocenters. The molecule has 0 N–H and O–H groups in total. The van der Waals surface area contributed by atoms with Crippen LogP contribution in [0.15, 0.2) is 0 Å². The number of aromatic nitrogens is 2. The van der Waals surface area contributed by atoms with Gasteiger partial charge < -0.3 is 14.5 Å². The van der Waals surface area contributed by atoms with Gasteiger partial charge in [0.1, 0.15) is 6.61 Å². The van der Waals surface area contributed by atoms with E-state index in [4.69, 9.17) is 4.74 Å². The van der Waals surface area contributed by atoms with Gasteiger partial charge in [0.25, 0.3) is 0 Å². The van der Waals surface area contributed by atoms with Crippen LogP contribution in [-0.4, -0.2) is 52.8 Å². The molecule has 0 bridgehead atoms. The molecule has 19 heavy (non-hydrogen) atoms. The van der Waals surface area contributed by atoms with Crippen molar-refractivity contribution in [3.8, 4) is 0 Å². The second-order valence-electron chi connectivity index (χ2n) is 5.12. The van der Waals surface area contributed by atoms with Crippen LogP contribution < -0.4 is 0 Å². The van der Waals surface area contributed by atoms with Crippen molar-refractivity contribution in [1.82, 2.24) is 19.6 Å². The highest BCUT2D eigenvalue weighted by Gasteiger charge is 2.29. The van der Waals surface area contributed by atoms with Gasteiger partial charge in [0.15, 0.2) is 0 Å². The Labute approximate surface area is 113 Å². The first-order valence-corrected chi connectivity index (χ1v) is 6.56. The van der Waals surface area contributed by atoms with E-state index in [9.17, 15) is 4.79 Å². The largest absolute Gasteiger partial charge is 0.372 e. The summed E-state index contributed by atoms with van der Waals surface area (Å²) in [7, 11) is 5.98. The molecular formula is C13H22N4O2. The minimum atomic E-state index is 0.0499. The Morgan fingerprint density at radius 1 is 1.42 bits per heavy atom. The molecular weight excluding hydrogens is 244 g/mol. The molecule has 1 amide bonds. The third kappa shape index (κ3) is 2.96. The molecule has 0 saturated heterocycles. The molecule has 106 valence electrons. The molecule has 0 fully saturated rings. The molecule has 1 aliphatic heterocycles. The van der Waals surface area contributed by atoms with E-state index in [0.717, 1.165) is 17.9 Å². The third-order valence-electron chi connectivity index (χ3n) is 3.30. The summed E-state index contributed by atoms with van der Waals surface area (Å²) in [4.78, 5) is 15.9. The number of hydrogen-bond acceptors (Lipinski definition) is 4. The van der Waals surface area contributed by atoms with Crippen molar-refractivity contribution in [2.24, 2.45) is 7.05 Å². The normalized spacial score (nSPS) is 14.3. The molecule has 1 aromatic heterocycles. The SMILES string of the molecule is CCOCC(=O)N1Cc2c(CN(C)C)nn(C)c2C1. The highest BCUT2D eigenvalue weighted by atomic mass is 16.5. The van der Waals surface area contributed by atoms with Gasteiger partial charge in [0.2, 0.25) is 5.91 Å². The summed E-state index contributed by atoms with van der Waals surface area (Å²) in [5.74, 6) is 0.0499. The van der Waals surface area contributed by atoms with Crippen LogP contribution in [0, 0.1) is 0 Å². The van der Waals surface area contributed by atoms with Crippen LogP contribution in [0.2, 0.25) is 0 Å². The third-order valence-corrected chi connectivity index (χ3v) is 3.30. The van der Waals surface area contributed by atoms with Gasteiger partial charge in [0, 0.05) is 32.3 Å². The predicted molar refractivity (Wildman–Crippen MR) is 71.3 cm³/mol. The molecule has 6 nitrogen and oxygen atoms in total. The zero-order chi connectivity index (χ0) is 14.0. The maximum atomic E-state index is 12.0. The number of rotatable bonds is 5. The van der Waals surface area contributed by atoms with E-state index in [-0.39, 0.29) is 12.5 Å². The molecule has 0 aliphatic carbocycles. The van der Waals surface area contributed by atoms with Crippen molar-refractivity contribution in [2.75, 3.05) is 27.3 Å². The zero-order valence-corrected chi connectivity index (χ0v) is 12.1. The molecule has 1 aliphatic rings. The highest BCUT2D eigenvalue weighted by Crippen LogP contribution is 2.26. The van der Waals surface area contributed by atoms with Crippen LogP contribution in [0.1, 0.15) is 23.9 Å². The van der Waals surface area contributed by atoms with Crippen LogP contribution in [-0.2, 0) is 36.2 Å². The van der Waals surface area contributed by atoms with Crippen LogP contribution in [0.5, 0.6) is 0 Å². The Morgan fingerprint density at radius 3 is 2.79 bits per heavy atom. The second-order valence-corrected chi connectivity index (χ2v) is 5.12. The van der Waals surface area contributed by atoms with Crippen molar-refractivity contribution in [2.45, 2.75) is 26.6 Å². The first-order chi connectivity index (χ1) is 9.02. The van der Waals surface area contributed by atoms with Crippen LogP contribution in [0.4, 0.5) is 0 Å². The van der Waals surface area contributed by atoms with Gasteiger partial charge >= 0.3 is 0 Å². The Hall–Kier alpha value is -1.40. The minimum Gasteiger partial charge on any atom is -0.372 e. The number of hydrogen-bond donors (Lipinski definition) is 0. The van der Waals surface area contributed by atoms with Crippen LogP contribution in [0.3, 0.4) is 0 Å². The molecule has 6 heteroatoms. The summed E-state index contributed by atoms with van der Waals surface area (Å²) in [6.45, 7) is 4.72. The van der Waals surface area contributed by atoms with E-state index < -0.39 is 0 Å². The molecule has 2 heterocycles. The lowest BCUT2D eigenvalue weighted by atomic mass is 10.2. The predicted octanol–water partition coefficient (Wildman–Crippen LogP) is 0.360. The van der Waals surface area contributed by atoms with Crippen LogP contribution >= 0.6 is 0 Å². The summed E-state index contributed by atoms with van der Waals surface area (Å²) in [6.07, 6.45) is 0. The second kappa shape index (κ2) is 5.71. The Morgan fingerprint density at radius 2 is 2.16 bits per heavy atom. The minimum absolute atomic E-state index is 0.0499. The van der Waals surface area contributed by atoms with Gasteiger partial charge in [-0.1, -0.05) is 0 Å². The van der Waals surface area contributed by atoms with Gasteiger partial charge in [-0.3, -0.25) is 9.48 Å². The number of aryl methyl sites for hydroxylation is 1. The average molecular weight is 266 g/mol. The Kier molecular flexibility index (Phi) is 4.21. The van der Waals surface area contributed by atoms with Crippen molar-refractivity contribution >= 4 is 5.91 Å². The van der Waals surface area contributed by atoms with E-state index >= 15 is 0 Å². The van der Waals surface area contributed by atoms with E-state index in [1.54, 1.807) is 0 Å². The summed E-state index contributed by atoms with van der Waals surface area (Å²) < 4.78 is 7.08. The van der Waals surface area contributed by atoms with Gasteiger partial charge in [-0.2, -0.15) is 5.10 Å². The van der Waals surface area contributed by atoms with E-state index in [1.165, 1.54) is 5.56 Å². The summed E-state index contributed by atoms with van der Waals surface area (Å²) >= 11 is 0. The molecule has 0 spiro atoms. The molecule has 0 unspecified atom stereocenters. The van der Waals surface area contributed by atoms with Gasteiger partial charge in [0.05, 0.1) is 17.9 Å². The first-order valence-electron chi connectivity index (χ1n) is 6.56. The topological polar surface area (TPSA) is 50.6 Å². The van der Waals surface area contributed by atoms with Gasteiger partial charge in [-0.15, -0.1) is 0 Å². The lowest BCUT2D eigenvalue weighted by Crippen LogP contribution is -2.30. The summed E-state index contributed by atoms with van der Waals surface area (Å²) in [6, 6.07) is 0. The fourth-order valence-corrected chi connectivity index (χ4v) is 2.36. The number of fused-ring (bicyclic) bond motifs is 1. The number of carbonyl (C=O) groups is 1. The highest BCUT2D eigenvalue weighted by molar-refractivity contribution is 5.78. The number of amides is 1. The molecule has 0 aromatic carbocycles. The van der Waals surface area contributed by atoms with E-state index in [2.05, 4.69) is 10.00 Å². The summed E-state index contributed by atoms with van der Waals surface area (Å²) in [5.41, 5.74) is 3.40. The number of ether oxygens (including phenoxy) is 1.